The maximum atomic E-state index is 13.8. The van der Waals surface area contributed by atoms with Gasteiger partial charge in [0.05, 0.1) is 6.61 Å². The number of aliphatic hydroxyl groups is 2. The van der Waals surface area contributed by atoms with E-state index in [-0.39, 0.29) is 0 Å². The summed E-state index contributed by atoms with van der Waals surface area (Å²) < 4.78 is 33.6. The summed E-state index contributed by atoms with van der Waals surface area (Å²) in [7, 11) is 1.13. The quantitative estimate of drug-likeness (QED) is 0.682. The van der Waals surface area contributed by atoms with Crippen LogP contribution in [0.15, 0.2) is 21.9 Å². The lowest BCUT2D eigenvalue weighted by atomic mass is 10.1. The van der Waals surface area contributed by atoms with Crippen molar-refractivity contribution in [2.75, 3.05) is 6.61 Å². The van der Waals surface area contributed by atoms with Gasteiger partial charge in [-0.15, -0.1) is 0 Å². The van der Waals surface area contributed by atoms with E-state index < -0.39 is 42.2 Å². The summed E-state index contributed by atoms with van der Waals surface area (Å²) in [5.74, 6) is -3.76. The molecule has 1 saturated heterocycles. The van der Waals surface area contributed by atoms with Crippen LogP contribution in [0.1, 0.15) is 6.23 Å². The number of alkyl halides is 2. The monoisotopic (exact) mass is 278 g/mol. The van der Waals surface area contributed by atoms with Crippen LogP contribution in [-0.2, 0) is 11.8 Å². The number of aromatic nitrogens is 2. The van der Waals surface area contributed by atoms with Gasteiger partial charge in [0.2, 0.25) is 6.23 Å². The van der Waals surface area contributed by atoms with Gasteiger partial charge >= 0.3 is 11.6 Å². The molecule has 106 valence electrons. The van der Waals surface area contributed by atoms with Crippen LogP contribution in [0.3, 0.4) is 0 Å². The summed E-state index contributed by atoms with van der Waals surface area (Å²) in [6.07, 6.45) is -4.93. The molecule has 1 aromatic heterocycles. The molecule has 2 heterocycles. The van der Waals surface area contributed by atoms with E-state index in [0.29, 0.717) is 9.13 Å². The van der Waals surface area contributed by atoms with Crippen molar-refractivity contribution in [3.8, 4) is 0 Å². The molecule has 9 heteroatoms. The normalized spacial score (nSPS) is 29.6. The number of halogens is 2. The molecule has 0 bridgehead atoms. The molecule has 3 atom stereocenters. The number of aliphatic hydroxyl groups excluding tert-OH is 2. The van der Waals surface area contributed by atoms with Crippen LogP contribution in [0.25, 0.3) is 0 Å². The zero-order chi connectivity index (χ0) is 14.4. The maximum Gasteiger partial charge on any atom is 0.333 e. The Morgan fingerprint density at radius 1 is 1.47 bits per heavy atom. The van der Waals surface area contributed by atoms with E-state index in [1.165, 1.54) is 0 Å². The second-order valence-corrected chi connectivity index (χ2v) is 4.23. The average Bonchev–Trinajstić information content (AvgIpc) is 2.59. The van der Waals surface area contributed by atoms with Crippen LogP contribution in [0.2, 0.25) is 0 Å². The van der Waals surface area contributed by atoms with Crippen LogP contribution in [0.4, 0.5) is 8.78 Å². The van der Waals surface area contributed by atoms with Crippen LogP contribution < -0.4 is 11.2 Å². The Bertz CT molecular complexity index is 596. The predicted molar refractivity (Wildman–Crippen MR) is 57.9 cm³/mol. The molecule has 0 aromatic carbocycles. The molecule has 1 aromatic rings. The molecule has 7 nitrogen and oxygen atoms in total. The minimum absolute atomic E-state index is 0.514. The fourth-order valence-corrected chi connectivity index (χ4v) is 1.88. The Kier molecular flexibility index (Phi) is 3.29. The third-order valence-corrected chi connectivity index (χ3v) is 3.03. The second kappa shape index (κ2) is 4.51. The van der Waals surface area contributed by atoms with E-state index in [1.807, 2.05) is 0 Å². The standard InChI is InChI=1S/C10H12F2N2O5/c1-13-6(16)2-3-14(9(13)18)8-10(11,12)7(17)5(4-15)19-8/h2-3,5,7-8,15,17H,4H2,1H3/t5-,7-,8-/m1/s1. The van der Waals surface area contributed by atoms with E-state index in [4.69, 9.17) is 9.84 Å². The Morgan fingerprint density at radius 3 is 2.63 bits per heavy atom. The molecule has 1 fully saturated rings. The first-order valence-corrected chi connectivity index (χ1v) is 5.41. The van der Waals surface area contributed by atoms with Gasteiger partial charge in [-0.1, -0.05) is 0 Å². The molecule has 0 radical (unpaired) electrons. The van der Waals surface area contributed by atoms with Crippen molar-refractivity contribution >= 4 is 0 Å². The number of ether oxygens (including phenoxy) is 1. The van der Waals surface area contributed by atoms with Gasteiger partial charge in [0.15, 0.2) is 6.10 Å². The number of hydrogen-bond donors (Lipinski definition) is 2. The van der Waals surface area contributed by atoms with Crippen molar-refractivity contribution in [1.82, 2.24) is 9.13 Å². The lowest BCUT2D eigenvalue weighted by Gasteiger charge is -2.21. The molecule has 0 aliphatic carbocycles. The summed E-state index contributed by atoms with van der Waals surface area (Å²) >= 11 is 0. The zero-order valence-electron chi connectivity index (χ0n) is 9.86. The minimum atomic E-state index is -3.76. The van der Waals surface area contributed by atoms with Gasteiger partial charge in [0, 0.05) is 19.3 Å². The molecule has 0 saturated carbocycles. The Morgan fingerprint density at radius 2 is 2.11 bits per heavy atom. The van der Waals surface area contributed by atoms with Gasteiger partial charge in [0.1, 0.15) is 6.10 Å². The van der Waals surface area contributed by atoms with Crippen molar-refractivity contribution in [2.24, 2.45) is 7.05 Å². The predicted octanol–water partition coefficient (Wildman–Crippen LogP) is -1.57. The summed E-state index contributed by atoms with van der Waals surface area (Å²) in [5, 5.41) is 18.2. The van der Waals surface area contributed by atoms with Crippen molar-refractivity contribution in [2.45, 2.75) is 24.4 Å². The molecule has 0 spiro atoms. The van der Waals surface area contributed by atoms with Gasteiger partial charge < -0.3 is 14.9 Å². The summed E-state index contributed by atoms with van der Waals surface area (Å²) in [6, 6.07) is 0.930. The van der Waals surface area contributed by atoms with E-state index in [0.717, 1.165) is 19.3 Å². The molecule has 0 unspecified atom stereocenters. The van der Waals surface area contributed by atoms with E-state index in [1.54, 1.807) is 0 Å². The Hall–Kier alpha value is -1.58. The van der Waals surface area contributed by atoms with Gasteiger partial charge in [-0.05, 0) is 0 Å². The first-order valence-electron chi connectivity index (χ1n) is 5.41. The topological polar surface area (TPSA) is 93.7 Å². The smallest absolute Gasteiger partial charge is 0.333 e. The molecule has 1 aliphatic heterocycles. The minimum Gasteiger partial charge on any atom is -0.394 e. The molecule has 1 aliphatic rings. The van der Waals surface area contributed by atoms with Gasteiger partial charge in [-0.25, -0.2) is 4.79 Å². The molecule has 2 rings (SSSR count). The van der Waals surface area contributed by atoms with Crippen LogP contribution in [0, 0.1) is 0 Å². The molecular weight excluding hydrogens is 266 g/mol. The fourth-order valence-electron chi connectivity index (χ4n) is 1.88. The zero-order valence-corrected chi connectivity index (χ0v) is 9.86. The first-order chi connectivity index (χ1) is 8.80. The highest BCUT2D eigenvalue weighted by molar-refractivity contribution is 4.98. The Balaban J connectivity index is 2.51. The second-order valence-electron chi connectivity index (χ2n) is 4.23. The van der Waals surface area contributed by atoms with Crippen molar-refractivity contribution in [1.29, 1.82) is 0 Å². The Labute approximate surface area is 105 Å². The maximum absolute atomic E-state index is 13.8. The molecule has 19 heavy (non-hydrogen) atoms. The summed E-state index contributed by atoms with van der Waals surface area (Å²) in [5.41, 5.74) is -1.65. The summed E-state index contributed by atoms with van der Waals surface area (Å²) in [4.78, 5) is 22.9. The van der Waals surface area contributed by atoms with Crippen LogP contribution >= 0.6 is 0 Å². The number of hydrogen-bond acceptors (Lipinski definition) is 5. The largest absolute Gasteiger partial charge is 0.394 e. The lowest BCUT2D eigenvalue weighted by Crippen LogP contribution is -2.45. The third-order valence-electron chi connectivity index (χ3n) is 3.03. The van der Waals surface area contributed by atoms with E-state index in [9.17, 15) is 23.5 Å². The van der Waals surface area contributed by atoms with Crippen LogP contribution in [-0.4, -0.2) is 44.1 Å². The van der Waals surface area contributed by atoms with Gasteiger partial charge in [0.25, 0.3) is 5.56 Å². The molecular formula is C10H12F2N2O5. The lowest BCUT2D eigenvalue weighted by molar-refractivity contribution is -0.141. The SMILES string of the molecule is Cn1c(=O)ccn([C@@H]2O[C@H](CO)[C@@H](O)C2(F)F)c1=O. The molecule has 0 amide bonds. The van der Waals surface area contributed by atoms with Crippen molar-refractivity contribution in [3.63, 3.8) is 0 Å². The highest BCUT2D eigenvalue weighted by Gasteiger charge is 2.59. The van der Waals surface area contributed by atoms with E-state index in [2.05, 4.69) is 0 Å². The average molecular weight is 278 g/mol. The number of nitrogens with zero attached hydrogens (tertiary/aromatic N) is 2. The van der Waals surface area contributed by atoms with Crippen LogP contribution in [0.5, 0.6) is 0 Å². The van der Waals surface area contributed by atoms with Crippen molar-refractivity contribution in [3.05, 3.63) is 33.1 Å². The number of rotatable bonds is 2. The fraction of sp³-hybridized carbons (Fsp3) is 0.600. The van der Waals surface area contributed by atoms with Gasteiger partial charge in [-0.3, -0.25) is 13.9 Å². The molecule has 2 N–H and O–H groups in total. The third kappa shape index (κ3) is 1.99. The highest BCUT2D eigenvalue weighted by atomic mass is 19.3. The summed E-state index contributed by atoms with van der Waals surface area (Å²) in [6.45, 7) is -0.812. The van der Waals surface area contributed by atoms with Crippen molar-refractivity contribution < 1.29 is 23.7 Å². The highest BCUT2D eigenvalue weighted by Crippen LogP contribution is 2.41. The van der Waals surface area contributed by atoms with E-state index >= 15 is 0 Å². The van der Waals surface area contributed by atoms with Gasteiger partial charge in [-0.2, -0.15) is 8.78 Å². The first kappa shape index (κ1) is 13.8.